The van der Waals surface area contributed by atoms with Gasteiger partial charge in [-0.25, -0.2) is 9.97 Å². The summed E-state index contributed by atoms with van der Waals surface area (Å²) in [6.07, 6.45) is 2.57. The van der Waals surface area contributed by atoms with Crippen molar-refractivity contribution in [2.24, 2.45) is 0 Å². The molecular weight excluding hydrogens is 400 g/mol. The van der Waals surface area contributed by atoms with Gasteiger partial charge in [-0.05, 0) is 35.9 Å². The molecule has 150 valence electrons. The van der Waals surface area contributed by atoms with Crippen LogP contribution >= 0.6 is 11.3 Å². The van der Waals surface area contributed by atoms with Gasteiger partial charge in [0.15, 0.2) is 0 Å². The van der Waals surface area contributed by atoms with Crippen molar-refractivity contribution < 1.29 is 14.3 Å². The van der Waals surface area contributed by atoms with E-state index < -0.39 is 0 Å². The average Bonchev–Trinajstić information content (AvgIpc) is 3.53. The highest BCUT2D eigenvalue weighted by molar-refractivity contribution is 7.13. The Morgan fingerprint density at radius 2 is 2.17 bits per heavy atom. The molecule has 0 saturated carbocycles. The van der Waals surface area contributed by atoms with E-state index >= 15 is 0 Å². The number of nitrogens with zero attached hydrogens (tertiary/aromatic N) is 2. The number of methoxy groups -OCH3 is 1. The number of benzene rings is 2. The number of nitrogens with one attached hydrogen (secondary N) is 2. The van der Waals surface area contributed by atoms with Crippen LogP contribution in [0, 0.1) is 0 Å². The third-order valence-corrected chi connectivity index (χ3v) is 5.75. The molecule has 3 heterocycles. The number of hydrogen-bond donors (Lipinski definition) is 2. The molecule has 8 heteroatoms. The molecule has 2 aromatic carbocycles. The third kappa shape index (κ3) is 3.53. The number of rotatable bonds is 5. The molecule has 4 aromatic rings. The maximum Gasteiger partial charge on any atom is 0.277 e. The minimum absolute atomic E-state index is 0.312. The largest absolute Gasteiger partial charge is 0.497 e. The molecule has 0 bridgehead atoms. The van der Waals surface area contributed by atoms with Crippen LogP contribution < -0.4 is 14.8 Å². The van der Waals surface area contributed by atoms with E-state index in [4.69, 9.17) is 9.47 Å². The van der Waals surface area contributed by atoms with Crippen molar-refractivity contribution in [2.75, 3.05) is 19.0 Å². The van der Waals surface area contributed by atoms with E-state index in [1.165, 1.54) is 16.9 Å². The van der Waals surface area contributed by atoms with Crippen LogP contribution in [0.25, 0.3) is 21.8 Å². The lowest BCUT2D eigenvalue weighted by Gasteiger charge is -2.02. The number of hydrogen-bond acceptors (Lipinski definition) is 6. The van der Waals surface area contributed by atoms with Crippen LogP contribution in [0.3, 0.4) is 0 Å². The van der Waals surface area contributed by atoms with Crippen LogP contribution in [-0.4, -0.2) is 34.6 Å². The van der Waals surface area contributed by atoms with E-state index in [9.17, 15) is 4.79 Å². The van der Waals surface area contributed by atoms with Crippen LogP contribution in [0.5, 0.6) is 11.5 Å². The van der Waals surface area contributed by atoms with Crippen LogP contribution in [-0.2, 0) is 6.42 Å². The number of carbonyl (C=O) groups is 1. The number of aromatic amines is 1. The highest BCUT2D eigenvalue weighted by atomic mass is 32.1. The lowest BCUT2D eigenvalue weighted by Crippen LogP contribution is -2.13. The Hall–Kier alpha value is -3.65. The van der Waals surface area contributed by atoms with Gasteiger partial charge in [0, 0.05) is 22.9 Å². The molecule has 0 fully saturated rings. The van der Waals surface area contributed by atoms with Gasteiger partial charge in [0.2, 0.25) is 5.95 Å². The van der Waals surface area contributed by atoms with Crippen LogP contribution in [0.2, 0.25) is 0 Å². The first-order chi connectivity index (χ1) is 14.7. The molecule has 1 aliphatic heterocycles. The number of imidazole rings is 1. The second-order valence-corrected chi connectivity index (χ2v) is 7.65. The molecule has 30 heavy (non-hydrogen) atoms. The van der Waals surface area contributed by atoms with Crippen molar-refractivity contribution >= 4 is 23.2 Å². The lowest BCUT2D eigenvalue weighted by atomic mass is 10.1. The van der Waals surface area contributed by atoms with Crippen LogP contribution in [0.1, 0.15) is 16.1 Å². The highest BCUT2D eigenvalue weighted by Crippen LogP contribution is 2.32. The average molecular weight is 418 g/mol. The number of carbonyl (C=O) groups excluding carboxylic acids is 1. The molecular formula is C22H18N4O3S. The van der Waals surface area contributed by atoms with E-state index in [0.29, 0.717) is 18.2 Å². The van der Waals surface area contributed by atoms with Crippen molar-refractivity contribution in [1.82, 2.24) is 15.0 Å². The minimum atomic E-state index is -0.312. The molecule has 0 radical (unpaired) electrons. The standard InChI is InChI=1S/C22H18N4O3S/c1-28-16-4-2-3-13(10-16)17-11-23-22(25-17)26-20(27)18-12-30-21(24-18)15-5-6-19-14(9-15)7-8-29-19/h2-6,9-12H,7-8H2,1H3,(H2,23,25,26,27). The van der Waals surface area contributed by atoms with E-state index in [1.807, 2.05) is 36.4 Å². The zero-order valence-corrected chi connectivity index (χ0v) is 17.0. The van der Waals surface area contributed by atoms with Gasteiger partial charge in [0.25, 0.3) is 5.91 Å². The number of amides is 1. The Bertz CT molecular complexity index is 1230. The second kappa shape index (κ2) is 7.64. The fraction of sp³-hybridized carbons (Fsp3) is 0.136. The summed E-state index contributed by atoms with van der Waals surface area (Å²) in [6.45, 7) is 0.714. The molecule has 2 N–H and O–H groups in total. The Morgan fingerprint density at radius 1 is 1.23 bits per heavy atom. The van der Waals surface area contributed by atoms with Crippen molar-refractivity contribution in [3.05, 3.63) is 65.3 Å². The zero-order valence-electron chi connectivity index (χ0n) is 16.1. The highest BCUT2D eigenvalue weighted by Gasteiger charge is 2.17. The Kier molecular flexibility index (Phi) is 4.68. The molecule has 0 saturated heterocycles. The van der Waals surface area contributed by atoms with Gasteiger partial charge in [-0.2, -0.15) is 0 Å². The molecule has 7 nitrogen and oxygen atoms in total. The lowest BCUT2D eigenvalue weighted by molar-refractivity contribution is 0.102. The number of aromatic nitrogens is 3. The van der Waals surface area contributed by atoms with Crippen LogP contribution in [0.4, 0.5) is 5.95 Å². The Morgan fingerprint density at radius 3 is 3.07 bits per heavy atom. The van der Waals surface area contributed by atoms with E-state index in [0.717, 1.165) is 39.7 Å². The molecule has 1 amide bonds. The predicted octanol–water partition coefficient (Wildman–Crippen LogP) is 4.40. The summed E-state index contributed by atoms with van der Waals surface area (Å²) in [5, 5.41) is 5.32. The van der Waals surface area contributed by atoms with Gasteiger partial charge < -0.3 is 14.5 Å². The van der Waals surface area contributed by atoms with Gasteiger partial charge in [0.05, 0.1) is 25.6 Å². The fourth-order valence-electron chi connectivity index (χ4n) is 3.32. The topological polar surface area (TPSA) is 89.1 Å². The normalized spacial score (nSPS) is 12.3. The summed E-state index contributed by atoms with van der Waals surface area (Å²) in [5.74, 6) is 1.73. The van der Waals surface area contributed by atoms with Gasteiger partial charge in [-0.3, -0.25) is 10.1 Å². The van der Waals surface area contributed by atoms with Gasteiger partial charge in [-0.15, -0.1) is 11.3 Å². The van der Waals surface area contributed by atoms with Crippen molar-refractivity contribution in [3.8, 4) is 33.3 Å². The zero-order chi connectivity index (χ0) is 20.5. The molecule has 0 atom stereocenters. The maximum absolute atomic E-state index is 12.6. The number of anilines is 1. The number of H-pyrrole nitrogens is 1. The summed E-state index contributed by atoms with van der Waals surface area (Å²) in [4.78, 5) is 24.5. The van der Waals surface area contributed by atoms with E-state index in [1.54, 1.807) is 18.7 Å². The third-order valence-electron chi connectivity index (χ3n) is 4.86. The second-order valence-electron chi connectivity index (χ2n) is 6.79. The predicted molar refractivity (Wildman–Crippen MR) is 115 cm³/mol. The van der Waals surface area contributed by atoms with Crippen molar-refractivity contribution in [3.63, 3.8) is 0 Å². The number of thiazole rings is 1. The quantitative estimate of drug-likeness (QED) is 0.502. The molecule has 2 aromatic heterocycles. The molecule has 0 spiro atoms. The first-order valence-electron chi connectivity index (χ1n) is 9.42. The summed E-state index contributed by atoms with van der Waals surface area (Å²) in [5.41, 5.74) is 4.21. The SMILES string of the molecule is COc1cccc(-c2cnc(NC(=O)c3csc(-c4ccc5c(c4)CCO5)n3)[nH]2)c1. The first-order valence-corrected chi connectivity index (χ1v) is 10.3. The molecule has 0 unspecified atom stereocenters. The molecule has 0 aliphatic carbocycles. The Labute approximate surface area is 176 Å². The summed E-state index contributed by atoms with van der Waals surface area (Å²) >= 11 is 1.44. The summed E-state index contributed by atoms with van der Waals surface area (Å²) in [7, 11) is 1.62. The minimum Gasteiger partial charge on any atom is -0.497 e. The smallest absolute Gasteiger partial charge is 0.277 e. The van der Waals surface area contributed by atoms with Gasteiger partial charge in [0.1, 0.15) is 22.2 Å². The maximum atomic E-state index is 12.6. The van der Waals surface area contributed by atoms with Gasteiger partial charge >= 0.3 is 0 Å². The van der Waals surface area contributed by atoms with Gasteiger partial charge in [-0.1, -0.05) is 12.1 Å². The summed E-state index contributed by atoms with van der Waals surface area (Å²) in [6, 6.07) is 13.6. The Balaban J connectivity index is 1.31. The monoisotopic (exact) mass is 418 g/mol. The van der Waals surface area contributed by atoms with E-state index in [2.05, 4.69) is 26.3 Å². The van der Waals surface area contributed by atoms with Crippen LogP contribution in [0.15, 0.2) is 54.0 Å². The van der Waals surface area contributed by atoms with Crippen molar-refractivity contribution in [1.29, 1.82) is 0 Å². The molecule has 5 rings (SSSR count). The number of ether oxygens (including phenoxy) is 2. The summed E-state index contributed by atoms with van der Waals surface area (Å²) < 4.78 is 10.8. The first kappa shape index (κ1) is 18.4. The fourth-order valence-corrected chi connectivity index (χ4v) is 4.12. The molecule has 1 aliphatic rings. The number of fused-ring (bicyclic) bond motifs is 1. The van der Waals surface area contributed by atoms with E-state index in [-0.39, 0.29) is 5.91 Å². The van der Waals surface area contributed by atoms with Crippen molar-refractivity contribution in [2.45, 2.75) is 6.42 Å².